The predicted octanol–water partition coefficient (Wildman–Crippen LogP) is 4.41. The number of methoxy groups -OCH3 is 1. The van der Waals surface area contributed by atoms with E-state index in [-0.39, 0.29) is 18.4 Å². The lowest BCUT2D eigenvalue weighted by molar-refractivity contribution is 0.0473. The van der Waals surface area contributed by atoms with Crippen molar-refractivity contribution >= 4 is 11.8 Å². The number of aromatic nitrogens is 2. The highest BCUT2D eigenvalue weighted by atomic mass is 16.5. The lowest BCUT2D eigenvalue weighted by Gasteiger charge is -2.17. The second-order valence-corrected chi connectivity index (χ2v) is 7.91. The number of carbonyl (C=O) groups is 2. The third-order valence-electron chi connectivity index (χ3n) is 5.66. The number of aryl methyl sites for hydroxylation is 2. The maximum Gasteiger partial charge on any atom is 0.340 e. The lowest BCUT2D eigenvalue weighted by atomic mass is 10.1. The zero-order valence-corrected chi connectivity index (χ0v) is 19.0. The maximum absolute atomic E-state index is 12.8. The van der Waals surface area contributed by atoms with Crippen molar-refractivity contribution in [3.05, 3.63) is 70.2 Å². The molecule has 1 atom stereocenters. The van der Waals surface area contributed by atoms with Crippen molar-refractivity contribution in [3.8, 4) is 0 Å². The maximum atomic E-state index is 12.8. The Kier molecular flexibility index (Phi) is 6.85. The fourth-order valence-electron chi connectivity index (χ4n) is 4.15. The average molecular weight is 427 g/mol. The van der Waals surface area contributed by atoms with E-state index in [0.29, 0.717) is 24.3 Å². The van der Waals surface area contributed by atoms with Gasteiger partial charge in [0.15, 0.2) is 6.61 Å². The molecule has 0 aromatic carbocycles. The molecule has 0 saturated carbocycles. The zero-order chi connectivity index (χ0) is 22.7. The summed E-state index contributed by atoms with van der Waals surface area (Å²) >= 11 is 0. The van der Waals surface area contributed by atoms with Crippen LogP contribution in [0.15, 0.2) is 34.9 Å². The first kappa shape index (κ1) is 22.6. The summed E-state index contributed by atoms with van der Waals surface area (Å²) in [5, 5.41) is 0. The Morgan fingerprint density at radius 3 is 2.42 bits per heavy atom. The first-order valence-electron chi connectivity index (χ1n) is 10.3. The highest BCUT2D eigenvalue weighted by Gasteiger charge is 2.22. The Labute approximate surface area is 182 Å². The van der Waals surface area contributed by atoms with E-state index >= 15 is 0 Å². The molecule has 31 heavy (non-hydrogen) atoms. The van der Waals surface area contributed by atoms with Crippen LogP contribution in [0.25, 0.3) is 0 Å². The summed E-state index contributed by atoms with van der Waals surface area (Å²) < 4.78 is 20.1. The summed E-state index contributed by atoms with van der Waals surface area (Å²) in [4.78, 5) is 25.5. The molecule has 7 nitrogen and oxygen atoms in total. The van der Waals surface area contributed by atoms with Gasteiger partial charge in [-0.3, -0.25) is 4.79 Å². The Morgan fingerprint density at radius 1 is 1.06 bits per heavy atom. The van der Waals surface area contributed by atoms with Crippen molar-refractivity contribution in [3.63, 3.8) is 0 Å². The van der Waals surface area contributed by atoms with E-state index in [1.807, 2.05) is 57.4 Å². The van der Waals surface area contributed by atoms with Crippen LogP contribution < -0.4 is 0 Å². The fraction of sp³-hybridized carbons (Fsp3) is 0.417. The Morgan fingerprint density at radius 2 is 1.77 bits per heavy atom. The van der Waals surface area contributed by atoms with Crippen molar-refractivity contribution in [1.82, 2.24) is 9.13 Å². The standard InChI is InChI=1S/C24H30N2O5/c1-15-10-22(18(4)25(15)12-20-8-7-9-30-20)24(28)31-14-23(27)21-11-16(2)26(19(21)5)17(3)13-29-6/h7-11,17H,12-14H2,1-6H3/t17-/m1/s1. The molecule has 0 aliphatic rings. The summed E-state index contributed by atoms with van der Waals surface area (Å²) in [6, 6.07) is 7.45. The molecule has 0 amide bonds. The van der Waals surface area contributed by atoms with Crippen molar-refractivity contribution in [2.75, 3.05) is 20.3 Å². The quantitative estimate of drug-likeness (QED) is 0.374. The van der Waals surface area contributed by atoms with Crippen LogP contribution in [0.3, 0.4) is 0 Å². The van der Waals surface area contributed by atoms with Crippen LogP contribution in [0.1, 0.15) is 62.2 Å². The number of ketones is 1. The number of hydrogen-bond acceptors (Lipinski definition) is 5. The molecular weight excluding hydrogens is 396 g/mol. The third kappa shape index (κ3) is 4.66. The molecule has 0 aliphatic carbocycles. The number of Topliss-reactive ketones (excluding diaryl/α,β-unsaturated/α-hetero) is 1. The van der Waals surface area contributed by atoms with E-state index < -0.39 is 5.97 Å². The summed E-state index contributed by atoms with van der Waals surface area (Å²) in [7, 11) is 1.65. The van der Waals surface area contributed by atoms with Crippen LogP contribution in [0, 0.1) is 27.7 Å². The second-order valence-electron chi connectivity index (χ2n) is 7.91. The Bertz CT molecular complexity index is 1070. The van der Waals surface area contributed by atoms with Crippen LogP contribution >= 0.6 is 0 Å². The molecule has 0 N–H and O–H groups in total. The van der Waals surface area contributed by atoms with Gasteiger partial charge in [0.2, 0.25) is 5.78 Å². The van der Waals surface area contributed by atoms with Gasteiger partial charge in [-0.2, -0.15) is 0 Å². The molecule has 0 saturated heterocycles. The van der Waals surface area contributed by atoms with E-state index in [1.54, 1.807) is 19.4 Å². The summed E-state index contributed by atoms with van der Waals surface area (Å²) in [6.45, 7) is 10.5. The average Bonchev–Trinajstić information content (AvgIpc) is 3.41. The van der Waals surface area contributed by atoms with Crippen molar-refractivity contribution in [2.24, 2.45) is 0 Å². The van der Waals surface area contributed by atoms with Gasteiger partial charge in [0.25, 0.3) is 0 Å². The molecule has 7 heteroatoms. The van der Waals surface area contributed by atoms with E-state index in [1.165, 1.54) is 0 Å². The lowest BCUT2D eigenvalue weighted by Crippen LogP contribution is -2.17. The van der Waals surface area contributed by atoms with Gasteiger partial charge in [0.1, 0.15) is 5.76 Å². The highest BCUT2D eigenvalue weighted by Crippen LogP contribution is 2.22. The topological polar surface area (TPSA) is 75.6 Å². The first-order valence-corrected chi connectivity index (χ1v) is 10.3. The van der Waals surface area contributed by atoms with Crippen LogP contribution in [0.2, 0.25) is 0 Å². The second kappa shape index (κ2) is 9.39. The molecule has 0 spiro atoms. The first-order chi connectivity index (χ1) is 14.7. The third-order valence-corrected chi connectivity index (χ3v) is 5.66. The van der Waals surface area contributed by atoms with Crippen LogP contribution in [-0.4, -0.2) is 41.2 Å². The molecule has 166 valence electrons. The van der Waals surface area contributed by atoms with Crippen LogP contribution in [0.5, 0.6) is 0 Å². The number of carbonyl (C=O) groups excluding carboxylic acids is 2. The summed E-state index contributed by atoms with van der Waals surface area (Å²) in [5.41, 5.74) is 4.53. The van der Waals surface area contributed by atoms with Crippen molar-refractivity contribution in [2.45, 2.75) is 47.2 Å². The minimum absolute atomic E-state index is 0.105. The van der Waals surface area contributed by atoms with Gasteiger partial charge in [-0.25, -0.2) is 4.79 Å². The van der Waals surface area contributed by atoms with Gasteiger partial charge in [0, 0.05) is 35.4 Å². The number of ether oxygens (including phenoxy) is 2. The predicted molar refractivity (Wildman–Crippen MR) is 117 cm³/mol. The largest absolute Gasteiger partial charge is 0.467 e. The molecule has 0 fully saturated rings. The minimum Gasteiger partial charge on any atom is -0.467 e. The van der Waals surface area contributed by atoms with Gasteiger partial charge >= 0.3 is 5.97 Å². The fourth-order valence-corrected chi connectivity index (χ4v) is 4.15. The summed E-state index contributed by atoms with van der Waals surface area (Å²) in [5.74, 6) is 0.0744. The van der Waals surface area contributed by atoms with Crippen LogP contribution in [-0.2, 0) is 16.0 Å². The van der Waals surface area contributed by atoms with Gasteiger partial charge in [0.05, 0.1) is 31.0 Å². The molecule has 3 aromatic heterocycles. The number of furan rings is 1. The molecular formula is C24H30N2O5. The van der Waals surface area contributed by atoms with Crippen molar-refractivity contribution < 1.29 is 23.5 Å². The molecule has 3 rings (SSSR count). The van der Waals surface area contributed by atoms with Gasteiger partial charge in [-0.05, 0) is 58.9 Å². The van der Waals surface area contributed by atoms with Crippen LogP contribution in [0.4, 0.5) is 0 Å². The SMILES string of the molecule is COC[C@@H](C)n1c(C)cc(C(=O)COC(=O)c2cc(C)n(Cc3ccco3)c2C)c1C. The monoisotopic (exact) mass is 426 g/mol. The zero-order valence-electron chi connectivity index (χ0n) is 19.0. The number of nitrogens with zero attached hydrogens (tertiary/aromatic N) is 2. The Hall–Kier alpha value is -3.06. The minimum atomic E-state index is -0.506. The summed E-state index contributed by atoms with van der Waals surface area (Å²) in [6.07, 6.45) is 1.62. The smallest absolute Gasteiger partial charge is 0.340 e. The molecule has 3 heterocycles. The van der Waals surface area contributed by atoms with E-state index in [0.717, 1.165) is 28.5 Å². The molecule has 0 bridgehead atoms. The van der Waals surface area contributed by atoms with E-state index in [2.05, 4.69) is 4.57 Å². The molecule has 0 aliphatic heterocycles. The van der Waals surface area contributed by atoms with Gasteiger partial charge in [-0.15, -0.1) is 0 Å². The highest BCUT2D eigenvalue weighted by molar-refractivity contribution is 6.00. The van der Waals surface area contributed by atoms with Gasteiger partial charge in [-0.1, -0.05) is 0 Å². The van der Waals surface area contributed by atoms with Crippen molar-refractivity contribution in [1.29, 1.82) is 0 Å². The van der Waals surface area contributed by atoms with E-state index in [9.17, 15) is 9.59 Å². The normalized spacial score (nSPS) is 12.2. The van der Waals surface area contributed by atoms with E-state index in [4.69, 9.17) is 13.9 Å². The number of esters is 1. The Balaban J connectivity index is 1.70. The number of rotatable bonds is 9. The van der Waals surface area contributed by atoms with Gasteiger partial charge < -0.3 is 23.0 Å². The molecule has 3 aromatic rings. The number of hydrogen-bond donors (Lipinski definition) is 0. The molecule has 0 unspecified atom stereocenters. The molecule has 0 radical (unpaired) electrons.